The molecule has 0 saturated carbocycles. The van der Waals surface area contributed by atoms with Crippen molar-refractivity contribution in [2.75, 3.05) is 18.5 Å². The summed E-state index contributed by atoms with van der Waals surface area (Å²) in [5, 5.41) is 2.11. The van der Waals surface area contributed by atoms with Crippen molar-refractivity contribution in [1.29, 1.82) is 0 Å². The second-order valence-corrected chi connectivity index (χ2v) is 6.11. The third-order valence-corrected chi connectivity index (χ3v) is 4.26. The van der Waals surface area contributed by atoms with Gasteiger partial charge in [0.1, 0.15) is 4.99 Å². The zero-order valence-corrected chi connectivity index (χ0v) is 12.9. The van der Waals surface area contributed by atoms with E-state index in [1.54, 1.807) is 11.3 Å². The van der Waals surface area contributed by atoms with Gasteiger partial charge in [0.25, 0.3) is 0 Å². The van der Waals surface area contributed by atoms with Crippen LogP contribution in [0, 0.1) is 6.92 Å². The molecule has 0 aliphatic carbocycles. The Morgan fingerprint density at radius 3 is 2.79 bits per heavy atom. The quantitative estimate of drug-likeness (QED) is 0.856. The van der Waals surface area contributed by atoms with E-state index in [0.29, 0.717) is 4.99 Å². The predicted octanol–water partition coefficient (Wildman–Crippen LogP) is 3.37. The monoisotopic (exact) mass is 290 g/mol. The standard InChI is InChI=1S/C15H18N2S2/c1-11-5-6-14(13(10-11)15(16)18)17(2)8-7-12-4-3-9-19-12/h3-6,9-10H,7-8H2,1-2H3,(H2,16,18). The van der Waals surface area contributed by atoms with Crippen LogP contribution in [0.15, 0.2) is 35.7 Å². The van der Waals surface area contributed by atoms with Gasteiger partial charge in [-0.2, -0.15) is 0 Å². The van der Waals surface area contributed by atoms with Gasteiger partial charge in [-0.3, -0.25) is 0 Å². The van der Waals surface area contributed by atoms with Gasteiger partial charge in [0.05, 0.1) is 0 Å². The van der Waals surface area contributed by atoms with Crippen LogP contribution in [-0.2, 0) is 6.42 Å². The molecule has 2 N–H and O–H groups in total. The molecule has 2 rings (SSSR count). The zero-order valence-electron chi connectivity index (χ0n) is 11.2. The van der Waals surface area contributed by atoms with Crippen molar-refractivity contribution in [2.24, 2.45) is 5.73 Å². The zero-order chi connectivity index (χ0) is 13.8. The van der Waals surface area contributed by atoms with Crippen molar-refractivity contribution >= 4 is 34.2 Å². The molecule has 1 aromatic heterocycles. The topological polar surface area (TPSA) is 29.3 Å². The van der Waals surface area contributed by atoms with E-state index in [1.165, 1.54) is 10.4 Å². The highest BCUT2D eigenvalue weighted by molar-refractivity contribution is 7.80. The number of thiocarbonyl (C=S) groups is 1. The summed E-state index contributed by atoms with van der Waals surface area (Å²) < 4.78 is 0. The van der Waals surface area contributed by atoms with Gasteiger partial charge in [0.2, 0.25) is 0 Å². The summed E-state index contributed by atoms with van der Waals surface area (Å²) in [5.74, 6) is 0. The van der Waals surface area contributed by atoms with Gasteiger partial charge < -0.3 is 10.6 Å². The normalized spacial score (nSPS) is 10.4. The van der Waals surface area contributed by atoms with Crippen LogP contribution in [-0.4, -0.2) is 18.6 Å². The lowest BCUT2D eigenvalue weighted by Crippen LogP contribution is -2.24. The summed E-state index contributed by atoms with van der Waals surface area (Å²) in [6, 6.07) is 10.5. The van der Waals surface area contributed by atoms with Gasteiger partial charge in [-0.25, -0.2) is 0 Å². The maximum atomic E-state index is 5.82. The fraction of sp³-hybridized carbons (Fsp3) is 0.267. The minimum Gasteiger partial charge on any atom is -0.389 e. The number of aryl methyl sites for hydroxylation is 1. The van der Waals surface area contributed by atoms with Gasteiger partial charge in [-0.1, -0.05) is 29.9 Å². The molecular weight excluding hydrogens is 272 g/mol. The molecule has 0 bridgehead atoms. The first-order chi connectivity index (χ1) is 9.08. The number of thiophene rings is 1. The number of nitrogens with zero attached hydrogens (tertiary/aromatic N) is 1. The van der Waals surface area contributed by atoms with Gasteiger partial charge in [0, 0.05) is 29.7 Å². The highest BCUT2D eigenvalue weighted by atomic mass is 32.1. The second-order valence-electron chi connectivity index (χ2n) is 4.64. The molecule has 0 saturated heterocycles. The molecule has 0 spiro atoms. The van der Waals surface area contributed by atoms with E-state index in [0.717, 1.165) is 24.2 Å². The number of nitrogens with two attached hydrogens (primary N) is 1. The Hall–Kier alpha value is -1.39. The van der Waals surface area contributed by atoms with Crippen molar-refractivity contribution in [3.8, 4) is 0 Å². The highest BCUT2D eigenvalue weighted by Crippen LogP contribution is 2.21. The summed E-state index contributed by atoms with van der Waals surface area (Å²) in [6.45, 7) is 3.01. The maximum absolute atomic E-state index is 5.82. The van der Waals surface area contributed by atoms with Crippen LogP contribution in [0.1, 0.15) is 16.0 Å². The molecule has 19 heavy (non-hydrogen) atoms. The molecule has 0 amide bonds. The molecular formula is C15H18N2S2. The highest BCUT2D eigenvalue weighted by Gasteiger charge is 2.10. The molecule has 2 nitrogen and oxygen atoms in total. The largest absolute Gasteiger partial charge is 0.389 e. The van der Waals surface area contributed by atoms with Crippen LogP contribution in [0.5, 0.6) is 0 Å². The Labute approximate surface area is 123 Å². The summed E-state index contributed by atoms with van der Waals surface area (Å²) >= 11 is 6.94. The van der Waals surface area contributed by atoms with Crippen LogP contribution in [0.4, 0.5) is 5.69 Å². The van der Waals surface area contributed by atoms with E-state index in [4.69, 9.17) is 18.0 Å². The molecule has 0 radical (unpaired) electrons. The molecule has 1 heterocycles. The Morgan fingerprint density at radius 2 is 2.16 bits per heavy atom. The Bertz CT molecular complexity index is 562. The number of hydrogen-bond donors (Lipinski definition) is 1. The fourth-order valence-corrected chi connectivity index (χ4v) is 2.89. The lowest BCUT2D eigenvalue weighted by atomic mass is 10.1. The number of anilines is 1. The van der Waals surface area contributed by atoms with Crippen LogP contribution in [0.25, 0.3) is 0 Å². The lowest BCUT2D eigenvalue weighted by Gasteiger charge is -2.22. The summed E-state index contributed by atoms with van der Waals surface area (Å²) in [5.41, 5.74) is 9.07. The van der Waals surface area contributed by atoms with E-state index < -0.39 is 0 Å². The van der Waals surface area contributed by atoms with Crippen LogP contribution < -0.4 is 10.6 Å². The number of hydrogen-bond acceptors (Lipinski definition) is 3. The molecule has 0 aliphatic heterocycles. The van der Waals surface area contributed by atoms with Crippen LogP contribution in [0.2, 0.25) is 0 Å². The van der Waals surface area contributed by atoms with Gasteiger partial charge in [-0.05, 0) is 36.9 Å². The maximum Gasteiger partial charge on any atom is 0.106 e. The number of benzene rings is 1. The molecule has 100 valence electrons. The van der Waals surface area contributed by atoms with Gasteiger partial charge in [0.15, 0.2) is 0 Å². The van der Waals surface area contributed by atoms with Gasteiger partial charge >= 0.3 is 0 Å². The number of likely N-dealkylation sites (N-methyl/N-ethyl adjacent to an activating group) is 1. The Kier molecular flexibility index (Phi) is 4.56. The molecule has 0 atom stereocenters. The fourth-order valence-electron chi connectivity index (χ4n) is 2.03. The molecule has 1 aromatic carbocycles. The third kappa shape index (κ3) is 3.55. The average molecular weight is 290 g/mol. The third-order valence-electron chi connectivity index (χ3n) is 3.10. The van der Waals surface area contributed by atoms with E-state index in [2.05, 4.69) is 54.6 Å². The smallest absolute Gasteiger partial charge is 0.106 e. The average Bonchev–Trinajstić information content (AvgIpc) is 2.88. The summed E-state index contributed by atoms with van der Waals surface area (Å²) in [6.07, 6.45) is 1.04. The van der Waals surface area contributed by atoms with Crippen molar-refractivity contribution < 1.29 is 0 Å². The van der Waals surface area contributed by atoms with Crippen molar-refractivity contribution in [3.05, 3.63) is 51.7 Å². The first-order valence-corrected chi connectivity index (χ1v) is 7.50. The summed E-state index contributed by atoms with van der Waals surface area (Å²) in [7, 11) is 2.08. The first kappa shape index (κ1) is 14.0. The number of rotatable bonds is 5. The molecule has 0 fully saturated rings. The molecule has 0 unspecified atom stereocenters. The van der Waals surface area contributed by atoms with Crippen molar-refractivity contribution in [1.82, 2.24) is 0 Å². The first-order valence-electron chi connectivity index (χ1n) is 6.22. The minimum atomic E-state index is 0.460. The van der Waals surface area contributed by atoms with Crippen molar-refractivity contribution in [3.63, 3.8) is 0 Å². The van der Waals surface area contributed by atoms with Crippen LogP contribution >= 0.6 is 23.6 Å². The van der Waals surface area contributed by atoms with E-state index in [9.17, 15) is 0 Å². The minimum absolute atomic E-state index is 0.460. The lowest BCUT2D eigenvalue weighted by molar-refractivity contribution is 0.886. The second kappa shape index (κ2) is 6.17. The molecule has 4 heteroatoms. The molecule has 0 aliphatic rings. The van der Waals surface area contributed by atoms with E-state index in [1.807, 2.05) is 0 Å². The van der Waals surface area contributed by atoms with E-state index >= 15 is 0 Å². The Balaban J connectivity index is 2.14. The van der Waals surface area contributed by atoms with Crippen LogP contribution in [0.3, 0.4) is 0 Å². The van der Waals surface area contributed by atoms with Crippen molar-refractivity contribution in [2.45, 2.75) is 13.3 Å². The van der Waals surface area contributed by atoms with Gasteiger partial charge in [-0.15, -0.1) is 11.3 Å². The summed E-state index contributed by atoms with van der Waals surface area (Å²) in [4.78, 5) is 4.07. The Morgan fingerprint density at radius 1 is 1.37 bits per heavy atom. The molecule has 2 aromatic rings. The predicted molar refractivity (Wildman–Crippen MR) is 88.4 cm³/mol. The van der Waals surface area contributed by atoms with E-state index in [-0.39, 0.29) is 0 Å². The SMILES string of the molecule is Cc1ccc(N(C)CCc2cccs2)c(C(N)=S)c1.